The van der Waals surface area contributed by atoms with Gasteiger partial charge in [0.25, 0.3) is 0 Å². The van der Waals surface area contributed by atoms with E-state index < -0.39 is 11.6 Å². The maximum absolute atomic E-state index is 13.2. The van der Waals surface area contributed by atoms with E-state index in [9.17, 15) is 8.78 Å². The second-order valence-electron chi connectivity index (χ2n) is 5.64. The zero-order valence-electron chi connectivity index (χ0n) is 11.6. The predicted octanol–water partition coefficient (Wildman–Crippen LogP) is 3.92. The van der Waals surface area contributed by atoms with Gasteiger partial charge in [0.2, 0.25) is 0 Å². The summed E-state index contributed by atoms with van der Waals surface area (Å²) >= 11 is 0. The number of hydrogen-bond donors (Lipinski definition) is 1. The van der Waals surface area contributed by atoms with Crippen LogP contribution >= 0.6 is 0 Å². The van der Waals surface area contributed by atoms with E-state index >= 15 is 0 Å². The van der Waals surface area contributed by atoms with Crippen molar-refractivity contribution in [1.29, 1.82) is 0 Å². The highest BCUT2D eigenvalue weighted by molar-refractivity contribution is 5.18. The fraction of sp³-hybridized carbons (Fsp3) is 0.625. The van der Waals surface area contributed by atoms with Crippen LogP contribution < -0.4 is 5.32 Å². The van der Waals surface area contributed by atoms with E-state index in [0.29, 0.717) is 11.8 Å². The normalized spacial score (nSPS) is 22.9. The molecule has 0 heterocycles. The molecule has 0 radical (unpaired) electrons. The minimum atomic E-state index is -0.464. The van der Waals surface area contributed by atoms with Crippen molar-refractivity contribution in [2.24, 2.45) is 11.8 Å². The zero-order valence-corrected chi connectivity index (χ0v) is 11.6. The van der Waals surface area contributed by atoms with Gasteiger partial charge in [0.15, 0.2) is 0 Å². The van der Waals surface area contributed by atoms with Crippen molar-refractivity contribution in [2.45, 2.75) is 39.0 Å². The van der Waals surface area contributed by atoms with Crippen molar-refractivity contribution in [2.75, 3.05) is 13.1 Å². The minimum absolute atomic E-state index is 0.464. The maximum Gasteiger partial charge on any atom is 0.126 e. The van der Waals surface area contributed by atoms with E-state index in [2.05, 4.69) is 12.2 Å². The van der Waals surface area contributed by atoms with Crippen molar-refractivity contribution in [1.82, 2.24) is 5.32 Å². The number of nitrogens with one attached hydrogen (secondary N) is 1. The van der Waals surface area contributed by atoms with Gasteiger partial charge in [-0.1, -0.05) is 13.3 Å². The highest BCUT2D eigenvalue weighted by Crippen LogP contribution is 2.34. The monoisotopic (exact) mass is 267 g/mol. The molecule has 1 nitrogen and oxygen atoms in total. The summed E-state index contributed by atoms with van der Waals surface area (Å²) in [4.78, 5) is 0. The molecule has 0 spiro atoms. The topological polar surface area (TPSA) is 12.0 Å². The lowest BCUT2D eigenvalue weighted by molar-refractivity contribution is 0.364. The first-order valence-corrected chi connectivity index (χ1v) is 7.34. The third kappa shape index (κ3) is 4.27. The lowest BCUT2D eigenvalue weighted by atomic mass is 9.89. The largest absolute Gasteiger partial charge is 0.316 e. The van der Waals surface area contributed by atoms with Crippen molar-refractivity contribution in [3.8, 4) is 0 Å². The van der Waals surface area contributed by atoms with Crippen LogP contribution in [0.4, 0.5) is 8.78 Å². The van der Waals surface area contributed by atoms with Crippen LogP contribution in [0.5, 0.6) is 0 Å². The van der Waals surface area contributed by atoms with E-state index in [1.807, 2.05) is 0 Å². The van der Waals surface area contributed by atoms with Crippen LogP contribution in [0.3, 0.4) is 0 Å². The molecule has 2 atom stereocenters. The van der Waals surface area contributed by atoms with Gasteiger partial charge >= 0.3 is 0 Å². The van der Waals surface area contributed by atoms with Crippen molar-refractivity contribution in [3.05, 3.63) is 35.4 Å². The Morgan fingerprint density at radius 3 is 2.47 bits per heavy atom. The second kappa shape index (κ2) is 6.99. The number of benzene rings is 1. The first kappa shape index (κ1) is 14.4. The minimum Gasteiger partial charge on any atom is -0.316 e. The van der Waals surface area contributed by atoms with Gasteiger partial charge in [-0.25, -0.2) is 8.78 Å². The van der Waals surface area contributed by atoms with E-state index in [1.165, 1.54) is 31.4 Å². The van der Waals surface area contributed by atoms with Crippen LogP contribution in [0.2, 0.25) is 0 Å². The lowest BCUT2D eigenvalue weighted by Crippen LogP contribution is -2.26. The molecule has 1 aromatic carbocycles. The first-order chi connectivity index (χ1) is 9.19. The van der Waals surface area contributed by atoms with Crippen LogP contribution in [0.25, 0.3) is 0 Å². The number of hydrogen-bond acceptors (Lipinski definition) is 1. The molecule has 1 saturated carbocycles. The summed E-state index contributed by atoms with van der Waals surface area (Å²) in [7, 11) is 0. The van der Waals surface area contributed by atoms with Gasteiger partial charge in [-0.2, -0.15) is 0 Å². The summed E-state index contributed by atoms with van der Waals surface area (Å²) in [5, 5.41) is 3.47. The van der Waals surface area contributed by atoms with Crippen LogP contribution in [-0.4, -0.2) is 13.1 Å². The Hall–Kier alpha value is -0.960. The maximum atomic E-state index is 13.2. The molecule has 1 N–H and O–H groups in total. The van der Waals surface area contributed by atoms with Gasteiger partial charge in [0.1, 0.15) is 11.6 Å². The van der Waals surface area contributed by atoms with Crippen LogP contribution in [-0.2, 0) is 6.42 Å². The Morgan fingerprint density at radius 1 is 1.11 bits per heavy atom. The quantitative estimate of drug-likeness (QED) is 0.770. The Bertz CT molecular complexity index is 385. The molecule has 0 bridgehead atoms. The summed E-state index contributed by atoms with van der Waals surface area (Å²) in [5.41, 5.74) is 0.796. The van der Waals surface area contributed by atoms with Gasteiger partial charge in [-0.3, -0.25) is 0 Å². The summed E-state index contributed by atoms with van der Waals surface area (Å²) in [6.45, 7) is 4.25. The summed E-state index contributed by atoms with van der Waals surface area (Å²) < 4.78 is 26.4. The molecule has 3 heteroatoms. The molecular formula is C16H23F2N. The van der Waals surface area contributed by atoms with Crippen molar-refractivity contribution >= 4 is 0 Å². The Kier molecular flexibility index (Phi) is 5.32. The van der Waals surface area contributed by atoms with Crippen molar-refractivity contribution < 1.29 is 8.78 Å². The third-order valence-electron chi connectivity index (χ3n) is 4.07. The third-order valence-corrected chi connectivity index (χ3v) is 4.07. The molecule has 1 aromatic rings. The molecule has 0 saturated heterocycles. The molecule has 1 fully saturated rings. The highest BCUT2D eigenvalue weighted by atomic mass is 19.1. The zero-order chi connectivity index (χ0) is 13.7. The molecule has 2 rings (SSSR count). The second-order valence-corrected chi connectivity index (χ2v) is 5.64. The van der Waals surface area contributed by atoms with Gasteiger partial charge in [-0.05, 0) is 68.3 Å². The van der Waals surface area contributed by atoms with Gasteiger partial charge in [0, 0.05) is 6.07 Å². The van der Waals surface area contributed by atoms with E-state index in [-0.39, 0.29) is 0 Å². The highest BCUT2D eigenvalue weighted by Gasteiger charge is 2.27. The predicted molar refractivity (Wildman–Crippen MR) is 74.1 cm³/mol. The average Bonchev–Trinajstić information content (AvgIpc) is 2.76. The molecular weight excluding hydrogens is 244 g/mol. The standard InChI is InChI=1S/C16H23F2N/c1-2-6-19-11-14-5-3-4-13(14)7-12-8-15(17)10-16(18)9-12/h8-10,13-14,19H,2-7,11H2,1H3. The van der Waals surface area contributed by atoms with Crippen molar-refractivity contribution in [3.63, 3.8) is 0 Å². The summed E-state index contributed by atoms with van der Waals surface area (Å²) in [5.74, 6) is 0.283. The average molecular weight is 267 g/mol. The Morgan fingerprint density at radius 2 is 1.79 bits per heavy atom. The molecule has 0 aliphatic heterocycles. The summed E-state index contributed by atoms with van der Waals surface area (Å²) in [6.07, 6.45) is 5.59. The SMILES string of the molecule is CCCNCC1CCCC1Cc1cc(F)cc(F)c1. The van der Waals surface area contributed by atoms with Gasteiger partial charge in [-0.15, -0.1) is 0 Å². The summed E-state index contributed by atoms with van der Waals surface area (Å²) in [6, 6.07) is 3.88. The lowest BCUT2D eigenvalue weighted by Gasteiger charge is -2.20. The van der Waals surface area contributed by atoms with Gasteiger partial charge < -0.3 is 5.32 Å². The van der Waals surface area contributed by atoms with Gasteiger partial charge in [0.05, 0.1) is 0 Å². The Balaban J connectivity index is 1.93. The number of rotatable bonds is 6. The molecule has 2 unspecified atom stereocenters. The Labute approximate surface area is 114 Å². The van der Waals surface area contributed by atoms with Crippen LogP contribution in [0.15, 0.2) is 18.2 Å². The first-order valence-electron chi connectivity index (χ1n) is 7.34. The van der Waals surface area contributed by atoms with Crippen LogP contribution in [0.1, 0.15) is 38.2 Å². The van der Waals surface area contributed by atoms with E-state index in [0.717, 1.165) is 37.6 Å². The molecule has 1 aliphatic rings. The molecule has 1 aliphatic carbocycles. The molecule has 0 aromatic heterocycles. The van der Waals surface area contributed by atoms with E-state index in [4.69, 9.17) is 0 Å². The molecule has 0 amide bonds. The molecule has 106 valence electrons. The van der Waals surface area contributed by atoms with E-state index in [1.54, 1.807) is 0 Å². The number of halogens is 2. The smallest absolute Gasteiger partial charge is 0.126 e. The fourth-order valence-corrected chi connectivity index (χ4v) is 3.15. The van der Waals surface area contributed by atoms with Crippen LogP contribution in [0, 0.1) is 23.5 Å². The molecule has 19 heavy (non-hydrogen) atoms. The fourth-order valence-electron chi connectivity index (χ4n) is 3.15.